The maximum Gasteiger partial charge on any atom is 0.446 e. The molecular formula is C29H38F3N7O2S. The van der Waals surface area contributed by atoms with Gasteiger partial charge in [-0.3, -0.25) is 14.5 Å². The Morgan fingerprint density at radius 2 is 1.62 bits per heavy atom. The number of hydrogen-bond acceptors (Lipinski definition) is 8. The first kappa shape index (κ1) is 30.6. The number of pyridine rings is 1. The molecule has 2 aromatic rings. The lowest BCUT2D eigenvalue weighted by Gasteiger charge is -2.39. The maximum absolute atomic E-state index is 13.2. The van der Waals surface area contributed by atoms with E-state index in [-0.39, 0.29) is 39.9 Å². The van der Waals surface area contributed by atoms with Gasteiger partial charge in [0, 0.05) is 88.6 Å². The van der Waals surface area contributed by atoms with Crippen molar-refractivity contribution in [1.82, 2.24) is 29.9 Å². The summed E-state index contributed by atoms with van der Waals surface area (Å²) in [6.45, 7) is 9.71. The zero-order valence-corrected chi connectivity index (χ0v) is 24.4. The monoisotopic (exact) mass is 605 g/mol. The van der Waals surface area contributed by atoms with Gasteiger partial charge in [0.25, 0.3) is 5.91 Å². The SMILES string of the molecule is Nc1cc(-c2cccc(SC(F)(F)F)c2)cnc1C(=O)N1CCC(CN2CCN(CC(=O)N3CCNCC3)CC2)CC1. The van der Waals surface area contributed by atoms with E-state index in [1.807, 2.05) is 4.90 Å². The minimum atomic E-state index is -4.37. The number of piperazine rings is 2. The van der Waals surface area contributed by atoms with Gasteiger partial charge < -0.3 is 25.8 Å². The Hall–Kier alpha value is -2.87. The number of nitrogens with zero attached hydrogens (tertiary/aromatic N) is 5. The van der Waals surface area contributed by atoms with Crippen LogP contribution < -0.4 is 11.1 Å². The van der Waals surface area contributed by atoms with Gasteiger partial charge >= 0.3 is 5.51 Å². The number of nitrogens with one attached hydrogen (secondary N) is 1. The molecule has 0 aliphatic carbocycles. The third-order valence-corrected chi connectivity index (χ3v) is 8.95. The van der Waals surface area contributed by atoms with Gasteiger partial charge in [0.1, 0.15) is 0 Å². The van der Waals surface area contributed by atoms with Crippen LogP contribution >= 0.6 is 11.8 Å². The van der Waals surface area contributed by atoms with E-state index < -0.39 is 5.51 Å². The molecule has 3 aliphatic rings. The standard InChI is InChI=1S/C29H38F3N7O2S/c30-29(31,32)42-24-3-1-2-22(16-24)23-17-25(33)27(35-18-23)28(41)39-8-4-21(5-9-39)19-36-12-14-37(15-13-36)20-26(40)38-10-6-34-7-11-38/h1-3,16-18,21,34H,4-15,19-20,33H2. The first-order valence-corrected chi connectivity index (χ1v) is 15.3. The van der Waals surface area contributed by atoms with E-state index in [0.717, 1.165) is 71.7 Å². The van der Waals surface area contributed by atoms with E-state index in [0.29, 0.717) is 36.7 Å². The molecule has 3 N–H and O–H groups in total. The van der Waals surface area contributed by atoms with E-state index >= 15 is 0 Å². The molecule has 2 amide bonds. The quantitative estimate of drug-likeness (QED) is 0.466. The van der Waals surface area contributed by atoms with Gasteiger partial charge in [0.2, 0.25) is 5.91 Å². The summed E-state index contributed by atoms with van der Waals surface area (Å²) in [5.74, 6) is 0.500. The minimum absolute atomic E-state index is 0.0735. The number of benzene rings is 1. The zero-order chi connectivity index (χ0) is 29.7. The van der Waals surface area contributed by atoms with Crippen molar-refractivity contribution in [3.63, 3.8) is 0 Å². The zero-order valence-electron chi connectivity index (χ0n) is 23.6. The van der Waals surface area contributed by atoms with E-state index in [4.69, 9.17) is 5.73 Å². The lowest BCUT2D eigenvalue weighted by molar-refractivity contribution is -0.133. The van der Waals surface area contributed by atoms with Crippen LogP contribution in [0.1, 0.15) is 23.3 Å². The van der Waals surface area contributed by atoms with Gasteiger partial charge in [0.05, 0.1) is 12.2 Å². The van der Waals surface area contributed by atoms with Crippen molar-refractivity contribution in [3.05, 3.63) is 42.2 Å². The summed E-state index contributed by atoms with van der Waals surface area (Å²) in [5.41, 5.74) is 3.32. The van der Waals surface area contributed by atoms with E-state index in [2.05, 4.69) is 20.1 Å². The number of aromatic nitrogens is 1. The maximum atomic E-state index is 13.2. The number of likely N-dealkylation sites (tertiary alicyclic amines) is 1. The van der Waals surface area contributed by atoms with E-state index in [1.165, 1.54) is 18.3 Å². The normalized spacial score (nSPS) is 19.7. The van der Waals surface area contributed by atoms with Gasteiger partial charge in [0.15, 0.2) is 5.69 Å². The van der Waals surface area contributed by atoms with Crippen molar-refractivity contribution >= 4 is 29.3 Å². The fourth-order valence-electron chi connectivity index (χ4n) is 5.86. The number of nitrogen functional groups attached to an aromatic ring is 1. The summed E-state index contributed by atoms with van der Waals surface area (Å²) < 4.78 is 38.3. The highest BCUT2D eigenvalue weighted by Crippen LogP contribution is 2.38. The summed E-state index contributed by atoms with van der Waals surface area (Å²) in [7, 11) is 0. The van der Waals surface area contributed by atoms with Crippen LogP contribution in [0.2, 0.25) is 0 Å². The van der Waals surface area contributed by atoms with Crippen LogP contribution in [-0.4, -0.2) is 120 Å². The molecule has 0 spiro atoms. The second kappa shape index (κ2) is 13.6. The second-order valence-electron chi connectivity index (χ2n) is 11.2. The van der Waals surface area contributed by atoms with Gasteiger partial charge in [-0.15, -0.1) is 0 Å². The predicted molar refractivity (Wildman–Crippen MR) is 157 cm³/mol. The summed E-state index contributed by atoms with van der Waals surface area (Å²) in [6.07, 6.45) is 3.29. The van der Waals surface area contributed by atoms with E-state index in [1.54, 1.807) is 23.1 Å². The fourth-order valence-corrected chi connectivity index (χ4v) is 6.46. The lowest BCUT2D eigenvalue weighted by Crippen LogP contribution is -2.53. The number of nitrogens with two attached hydrogens (primary N) is 1. The molecule has 3 fully saturated rings. The third kappa shape index (κ3) is 8.15. The summed E-state index contributed by atoms with van der Waals surface area (Å²) in [6, 6.07) is 7.68. The highest BCUT2D eigenvalue weighted by molar-refractivity contribution is 8.00. The summed E-state index contributed by atoms with van der Waals surface area (Å²) >= 11 is -0.175. The molecule has 4 heterocycles. The number of amides is 2. The highest BCUT2D eigenvalue weighted by Gasteiger charge is 2.30. The number of thioether (sulfide) groups is 1. The van der Waals surface area contributed by atoms with Gasteiger partial charge in [-0.2, -0.15) is 13.2 Å². The molecule has 3 aliphatic heterocycles. The Kier molecular flexibility index (Phi) is 9.92. The molecule has 5 rings (SSSR count). The van der Waals surface area contributed by atoms with Gasteiger partial charge in [-0.25, -0.2) is 4.98 Å². The average Bonchev–Trinajstić information content (AvgIpc) is 2.98. The molecule has 0 saturated carbocycles. The van der Waals surface area contributed by atoms with Crippen molar-refractivity contribution in [2.75, 3.05) is 84.3 Å². The lowest BCUT2D eigenvalue weighted by atomic mass is 9.95. The summed E-state index contributed by atoms with van der Waals surface area (Å²) in [5, 5.41) is 3.28. The number of hydrogen-bond donors (Lipinski definition) is 2. The number of rotatable bonds is 7. The predicted octanol–water partition coefficient (Wildman–Crippen LogP) is 2.84. The molecule has 13 heteroatoms. The topological polar surface area (TPSA) is 98.0 Å². The molecule has 1 aromatic heterocycles. The Morgan fingerprint density at radius 3 is 2.29 bits per heavy atom. The third-order valence-electron chi connectivity index (χ3n) is 8.23. The fraction of sp³-hybridized carbons (Fsp3) is 0.552. The highest BCUT2D eigenvalue weighted by atomic mass is 32.2. The van der Waals surface area contributed by atoms with Crippen molar-refractivity contribution in [1.29, 1.82) is 0 Å². The first-order chi connectivity index (χ1) is 20.1. The van der Waals surface area contributed by atoms with Crippen LogP contribution in [-0.2, 0) is 4.79 Å². The van der Waals surface area contributed by atoms with Crippen molar-refractivity contribution in [2.45, 2.75) is 23.2 Å². The number of piperidine rings is 1. The molecule has 0 bridgehead atoms. The molecule has 228 valence electrons. The molecule has 0 unspecified atom stereocenters. The average molecular weight is 606 g/mol. The molecule has 0 radical (unpaired) electrons. The van der Waals surface area contributed by atoms with E-state index in [9.17, 15) is 22.8 Å². The van der Waals surface area contributed by atoms with Gasteiger partial charge in [-0.05, 0) is 54.3 Å². The van der Waals surface area contributed by atoms with Crippen LogP contribution in [0.4, 0.5) is 18.9 Å². The number of halogens is 3. The Labute approximate surface area is 248 Å². The smallest absolute Gasteiger partial charge is 0.397 e. The van der Waals surface area contributed by atoms with Crippen molar-refractivity contribution in [2.24, 2.45) is 5.92 Å². The van der Waals surface area contributed by atoms with Crippen LogP contribution in [0.25, 0.3) is 11.1 Å². The molecule has 3 saturated heterocycles. The van der Waals surface area contributed by atoms with Crippen molar-refractivity contribution in [3.8, 4) is 11.1 Å². The second-order valence-corrected chi connectivity index (χ2v) is 12.3. The van der Waals surface area contributed by atoms with Gasteiger partial charge in [-0.1, -0.05) is 12.1 Å². The number of carbonyl (C=O) groups is 2. The molecule has 9 nitrogen and oxygen atoms in total. The molecule has 1 aromatic carbocycles. The van der Waals surface area contributed by atoms with Crippen LogP contribution in [0, 0.1) is 5.92 Å². The first-order valence-electron chi connectivity index (χ1n) is 14.5. The largest absolute Gasteiger partial charge is 0.446 e. The summed E-state index contributed by atoms with van der Waals surface area (Å²) in [4.78, 5) is 38.6. The Bertz CT molecular complexity index is 1240. The number of alkyl halides is 3. The molecule has 0 atom stereocenters. The van der Waals surface area contributed by atoms with Crippen LogP contribution in [0.5, 0.6) is 0 Å². The Balaban J connectivity index is 1.07. The molecular weight excluding hydrogens is 567 g/mol. The van der Waals surface area contributed by atoms with Crippen molar-refractivity contribution < 1.29 is 22.8 Å². The van der Waals surface area contributed by atoms with Crippen LogP contribution in [0.3, 0.4) is 0 Å². The Morgan fingerprint density at radius 1 is 0.929 bits per heavy atom. The van der Waals surface area contributed by atoms with Crippen LogP contribution in [0.15, 0.2) is 41.4 Å². The molecule has 42 heavy (non-hydrogen) atoms. The number of carbonyl (C=O) groups excluding carboxylic acids is 2. The minimum Gasteiger partial charge on any atom is -0.397 e. The number of anilines is 1.